The van der Waals surface area contributed by atoms with E-state index in [1.165, 1.54) is 13.0 Å². The molecule has 0 bridgehead atoms. The van der Waals surface area contributed by atoms with Gasteiger partial charge in [-0.15, -0.1) is 0 Å². The minimum atomic E-state index is -0.388. The lowest BCUT2D eigenvalue weighted by atomic mass is 10.1. The summed E-state index contributed by atoms with van der Waals surface area (Å²) in [6.45, 7) is 2.00. The van der Waals surface area contributed by atoms with E-state index in [0.717, 1.165) is 24.8 Å². The standard InChI is InChI=1S/C12H17FN2O/c1-9(16)15-12-10(5-2-3-8-14)6-4-7-11(12)13/h4,6-7H,2-3,5,8,14H2,1H3,(H,15,16). The molecule has 1 amide bonds. The Morgan fingerprint density at radius 2 is 2.19 bits per heavy atom. The second-order valence-electron chi connectivity index (χ2n) is 3.70. The van der Waals surface area contributed by atoms with Gasteiger partial charge < -0.3 is 11.1 Å². The molecule has 0 aliphatic carbocycles. The molecule has 0 aliphatic heterocycles. The van der Waals surface area contributed by atoms with Crippen molar-refractivity contribution in [1.82, 2.24) is 0 Å². The summed E-state index contributed by atoms with van der Waals surface area (Å²) in [6, 6.07) is 4.82. The van der Waals surface area contributed by atoms with Gasteiger partial charge in [0.2, 0.25) is 5.91 Å². The maximum atomic E-state index is 13.5. The van der Waals surface area contributed by atoms with Gasteiger partial charge in [0.05, 0.1) is 5.69 Å². The molecule has 1 rings (SSSR count). The number of nitrogens with two attached hydrogens (primary N) is 1. The van der Waals surface area contributed by atoms with Crippen molar-refractivity contribution in [3.8, 4) is 0 Å². The molecule has 0 spiro atoms. The summed E-state index contributed by atoms with van der Waals surface area (Å²) in [5, 5.41) is 2.52. The Bertz CT molecular complexity index is 366. The Balaban J connectivity index is 2.80. The Morgan fingerprint density at radius 3 is 2.81 bits per heavy atom. The summed E-state index contributed by atoms with van der Waals surface area (Å²) in [7, 11) is 0. The quantitative estimate of drug-likeness (QED) is 0.752. The highest BCUT2D eigenvalue weighted by Gasteiger charge is 2.08. The first-order valence-electron chi connectivity index (χ1n) is 5.40. The summed E-state index contributed by atoms with van der Waals surface area (Å²) in [4.78, 5) is 10.9. The molecule has 16 heavy (non-hydrogen) atoms. The molecule has 0 aromatic heterocycles. The van der Waals surface area contributed by atoms with Crippen LogP contribution in [0.2, 0.25) is 0 Å². The molecule has 4 heteroatoms. The predicted molar refractivity (Wildman–Crippen MR) is 62.7 cm³/mol. The average Bonchev–Trinajstić information content (AvgIpc) is 2.23. The highest BCUT2D eigenvalue weighted by atomic mass is 19.1. The number of anilines is 1. The lowest BCUT2D eigenvalue weighted by molar-refractivity contribution is -0.114. The zero-order valence-corrected chi connectivity index (χ0v) is 9.42. The number of aryl methyl sites for hydroxylation is 1. The number of unbranched alkanes of at least 4 members (excludes halogenated alkanes) is 1. The SMILES string of the molecule is CC(=O)Nc1c(F)cccc1CCCCN. The Morgan fingerprint density at radius 1 is 1.44 bits per heavy atom. The van der Waals surface area contributed by atoms with Crippen LogP contribution in [-0.2, 0) is 11.2 Å². The first kappa shape index (κ1) is 12.6. The zero-order chi connectivity index (χ0) is 12.0. The van der Waals surface area contributed by atoms with Gasteiger partial charge in [0.1, 0.15) is 5.82 Å². The molecule has 0 radical (unpaired) electrons. The molecule has 0 fully saturated rings. The van der Waals surface area contributed by atoms with Gasteiger partial charge in [-0.05, 0) is 37.4 Å². The van der Waals surface area contributed by atoms with Crippen LogP contribution in [0.4, 0.5) is 10.1 Å². The number of benzene rings is 1. The Kier molecular flexibility index (Phi) is 4.92. The van der Waals surface area contributed by atoms with Gasteiger partial charge in [-0.25, -0.2) is 4.39 Å². The van der Waals surface area contributed by atoms with E-state index < -0.39 is 0 Å². The third kappa shape index (κ3) is 3.62. The third-order valence-electron chi connectivity index (χ3n) is 2.30. The van der Waals surface area contributed by atoms with E-state index >= 15 is 0 Å². The number of carbonyl (C=O) groups excluding carboxylic acids is 1. The lowest BCUT2D eigenvalue weighted by Crippen LogP contribution is -2.10. The minimum Gasteiger partial charge on any atom is -0.330 e. The van der Waals surface area contributed by atoms with Gasteiger partial charge in [-0.2, -0.15) is 0 Å². The number of amides is 1. The van der Waals surface area contributed by atoms with Gasteiger partial charge in [-0.3, -0.25) is 4.79 Å². The van der Waals surface area contributed by atoms with Crippen LogP contribution in [0.1, 0.15) is 25.3 Å². The number of hydrogen-bond acceptors (Lipinski definition) is 2. The molecule has 0 atom stereocenters. The van der Waals surface area contributed by atoms with Crippen molar-refractivity contribution < 1.29 is 9.18 Å². The summed E-state index contributed by atoms with van der Waals surface area (Å²) in [5.74, 6) is -0.648. The van der Waals surface area contributed by atoms with Crippen molar-refractivity contribution in [3.05, 3.63) is 29.6 Å². The van der Waals surface area contributed by atoms with Crippen LogP contribution in [0.25, 0.3) is 0 Å². The fraction of sp³-hybridized carbons (Fsp3) is 0.417. The largest absolute Gasteiger partial charge is 0.330 e. The predicted octanol–water partition coefficient (Wildman–Crippen LogP) is 2.07. The molecular weight excluding hydrogens is 207 g/mol. The second kappa shape index (κ2) is 6.23. The molecular formula is C12H17FN2O. The van der Waals surface area contributed by atoms with E-state index in [0.29, 0.717) is 12.2 Å². The van der Waals surface area contributed by atoms with Crippen molar-refractivity contribution in [3.63, 3.8) is 0 Å². The average molecular weight is 224 g/mol. The molecule has 1 aromatic rings. The van der Waals surface area contributed by atoms with E-state index in [1.54, 1.807) is 6.07 Å². The number of rotatable bonds is 5. The highest BCUT2D eigenvalue weighted by Crippen LogP contribution is 2.21. The van der Waals surface area contributed by atoms with Crippen LogP contribution in [0.15, 0.2) is 18.2 Å². The van der Waals surface area contributed by atoms with Crippen molar-refractivity contribution >= 4 is 11.6 Å². The van der Waals surface area contributed by atoms with Crippen LogP contribution >= 0.6 is 0 Å². The topological polar surface area (TPSA) is 55.1 Å². The van der Waals surface area contributed by atoms with E-state index in [1.807, 2.05) is 6.07 Å². The fourth-order valence-corrected chi connectivity index (χ4v) is 1.55. The van der Waals surface area contributed by atoms with Crippen molar-refractivity contribution in [2.75, 3.05) is 11.9 Å². The molecule has 0 heterocycles. The minimum absolute atomic E-state index is 0.259. The van der Waals surface area contributed by atoms with Crippen LogP contribution < -0.4 is 11.1 Å². The molecule has 88 valence electrons. The van der Waals surface area contributed by atoms with E-state index in [9.17, 15) is 9.18 Å². The first-order valence-corrected chi connectivity index (χ1v) is 5.40. The van der Waals surface area contributed by atoms with Crippen LogP contribution in [0.5, 0.6) is 0 Å². The van der Waals surface area contributed by atoms with Crippen molar-refractivity contribution in [2.45, 2.75) is 26.2 Å². The van der Waals surface area contributed by atoms with Crippen molar-refractivity contribution in [1.29, 1.82) is 0 Å². The molecule has 3 nitrogen and oxygen atoms in total. The lowest BCUT2D eigenvalue weighted by Gasteiger charge is -2.10. The maximum Gasteiger partial charge on any atom is 0.221 e. The summed E-state index contributed by atoms with van der Waals surface area (Å²) < 4.78 is 13.5. The normalized spacial score (nSPS) is 10.2. The van der Waals surface area contributed by atoms with Gasteiger partial charge in [0.15, 0.2) is 0 Å². The number of hydrogen-bond donors (Lipinski definition) is 2. The van der Waals surface area contributed by atoms with Gasteiger partial charge in [0.25, 0.3) is 0 Å². The van der Waals surface area contributed by atoms with E-state index in [-0.39, 0.29) is 11.7 Å². The third-order valence-corrected chi connectivity index (χ3v) is 2.30. The monoisotopic (exact) mass is 224 g/mol. The smallest absolute Gasteiger partial charge is 0.221 e. The Hall–Kier alpha value is -1.42. The molecule has 0 unspecified atom stereocenters. The van der Waals surface area contributed by atoms with E-state index in [4.69, 9.17) is 5.73 Å². The number of halogens is 1. The molecule has 1 aromatic carbocycles. The molecule has 0 aliphatic rings. The van der Waals surface area contributed by atoms with Crippen molar-refractivity contribution in [2.24, 2.45) is 5.73 Å². The van der Waals surface area contributed by atoms with Crippen LogP contribution in [-0.4, -0.2) is 12.5 Å². The number of nitrogens with one attached hydrogen (secondary N) is 1. The summed E-state index contributed by atoms with van der Waals surface area (Å²) in [6.07, 6.45) is 2.52. The van der Waals surface area contributed by atoms with Gasteiger partial charge in [0, 0.05) is 6.92 Å². The zero-order valence-electron chi connectivity index (χ0n) is 9.42. The molecule has 0 saturated heterocycles. The second-order valence-corrected chi connectivity index (χ2v) is 3.70. The first-order chi connectivity index (χ1) is 7.65. The van der Waals surface area contributed by atoms with Crippen LogP contribution in [0.3, 0.4) is 0 Å². The molecule has 3 N–H and O–H groups in total. The van der Waals surface area contributed by atoms with Gasteiger partial charge in [-0.1, -0.05) is 12.1 Å². The highest BCUT2D eigenvalue weighted by molar-refractivity contribution is 5.89. The summed E-state index contributed by atoms with van der Waals surface area (Å²) >= 11 is 0. The maximum absolute atomic E-state index is 13.5. The number of para-hydroxylation sites is 1. The van der Waals surface area contributed by atoms with Crippen LogP contribution in [0, 0.1) is 5.82 Å². The molecule has 0 saturated carbocycles. The van der Waals surface area contributed by atoms with Gasteiger partial charge >= 0.3 is 0 Å². The van der Waals surface area contributed by atoms with E-state index in [2.05, 4.69) is 5.32 Å². The summed E-state index contributed by atoms with van der Waals surface area (Å²) in [5.41, 5.74) is 6.52. The number of carbonyl (C=O) groups is 1. The Labute approximate surface area is 94.8 Å². The fourth-order valence-electron chi connectivity index (χ4n) is 1.55.